The van der Waals surface area contributed by atoms with Crippen LogP contribution in [0.5, 0.6) is 11.5 Å². The topological polar surface area (TPSA) is 18.5 Å². The Labute approximate surface area is 142 Å². The first kappa shape index (κ1) is 15.0. The molecule has 0 saturated carbocycles. The normalized spacial score (nSPS) is 14.9. The number of benzene rings is 2. The first-order valence-corrected chi connectivity index (χ1v) is 8.16. The highest BCUT2D eigenvalue weighted by atomic mass is 79.9. The molecule has 0 spiro atoms. The van der Waals surface area contributed by atoms with Crippen molar-refractivity contribution in [2.45, 2.75) is 12.3 Å². The van der Waals surface area contributed by atoms with E-state index in [-0.39, 0.29) is 5.38 Å². The summed E-state index contributed by atoms with van der Waals surface area (Å²) in [5.41, 5.74) is 2.96. The van der Waals surface area contributed by atoms with Gasteiger partial charge in [0, 0.05) is 15.6 Å². The Morgan fingerprint density at radius 3 is 2.43 bits per heavy atom. The van der Waals surface area contributed by atoms with E-state index >= 15 is 0 Å². The van der Waals surface area contributed by atoms with Crippen LogP contribution in [0.15, 0.2) is 34.8 Å². The number of hydrogen-bond donors (Lipinski definition) is 0. The van der Waals surface area contributed by atoms with Gasteiger partial charge in [-0.3, -0.25) is 0 Å². The van der Waals surface area contributed by atoms with Crippen LogP contribution in [-0.2, 0) is 0 Å². The maximum atomic E-state index is 6.60. The fourth-order valence-corrected chi connectivity index (χ4v) is 3.25. The van der Waals surface area contributed by atoms with Crippen LogP contribution in [0.1, 0.15) is 22.1 Å². The van der Waals surface area contributed by atoms with Gasteiger partial charge in [-0.15, -0.1) is 11.6 Å². The van der Waals surface area contributed by atoms with Gasteiger partial charge >= 0.3 is 0 Å². The molecule has 3 rings (SSSR count). The maximum Gasteiger partial charge on any atom is 0.162 e. The van der Waals surface area contributed by atoms with E-state index in [0.717, 1.165) is 21.2 Å². The molecule has 1 aliphatic heterocycles. The minimum atomic E-state index is -0.342. The molecule has 0 aromatic heterocycles. The van der Waals surface area contributed by atoms with E-state index in [0.29, 0.717) is 29.7 Å². The SMILES string of the molecule is Cc1ccc(C(Cl)c2cc3c(cc2Cl)OCCO3)cc1Br. The van der Waals surface area contributed by atoms with Crippen molar-refractivity contribution < 1.29 is 9.47 Å². The molecular weight excluding hydrogens is 375 g/mol. The summed E-state index contributed by atoms with van der Waals surface area (Å²) in [6.07, 6.45) is 0. The number of alkyl halides is 1. The summed E-state index contributed by atoms with van der Waals surface area (Å²) in [7, 11) is 0. The molecule has 0 amide bonds. The van der Waals surface area contributed by atoms with Crippen LogP contribution < -0.4 is 9.47 Å². The number of hydrogen-bond acceptors (Lipinski definition) is 2. The van der Waals surface area contributed by atoms with Gasteiger partial charge in [0.25, 0.3) is 0 Å². The van der Waals surface area contributed by atoms with E-state index in [1.807, 2.05) is 31.2 Å². The number of aryl methyl sites for hydroxylation is 1. The molecular formula is C16H13BrCl2O2. The summed E-state index contributed by atoms with van der Waals surface area (Å²) >= 11 is 16.5. The first-order chi connectivity index (χ1) is 10.1. The van der Waals surface area contributed by atoms with Crippen molar-refractivity contribution in [2.24, 2.45) is 0 Å². The third kappa shape index (κ3) is 3.01. The van der Waals surface area contributed by atoms with Crippen molar-refractivity contribution in [3.8, 4) is 11.5 Å². The fraction of sp³-hybridized carbons (Fsp3) is 0.250. The molecule has 2 aromatic carbocycles. The van der Waals surface area contributed by atoms with E-state index in [1.54, 1.807) is 6.07 Å². The summed E-state index contributed by atoms with van der Waals surface area (Å²) < 4.78 is 12.1. The monoisotopic (exact) mass is 386 g/mol. The molecule has 5 heteroatoms. The van der Waals surface area contributed by atoms with Crippen molar-refractivity contribution >= 4 is 39.1 Å². The molecule has 0 bridgehead atoms. The van der Waals surface area contributed by atoms with Crippen LogP contribution in [0.4, 0.5) is 0 Å². The summed E-state index contributed by atoms with van der Waals surface area (Å²) in [4.78, 5) is 0. The molecule has 0 radical (unpaired) electrons. The molecule has 110 valence electrons. The van der Waals surface area contributed by atoms with Gasteiger partial charge < -0.3 is 9.47 Å². The van der Waals surface area contributed by atoms with Gasteiger partial charge in [0.05, 0.1) is 5.38 Å². The fourth-order valence-electron chi connectivity index (χ4n) is 2.22. The molecule has 1 unspecified atom stereocenters. The van der Waals surface area contributed by atoms with Crippen molar-refractivity contribution in [1.29, 1.82) is 0 Å². The van der Waals surface area contributed by atoms with Crippen LogP contribution in [-0.4, -0.2) is 13.2 Å². The van der Waals surface area contributed by atoms with E-state index < -0.39 is 0 Å². The first-order valence-electron chi connectivity index (χ1n) is 6.55. The van der Waals surface area contributed by atoms with Crippen molar-refractivity contribution in [3.63, 3.8) is 0 Å². The zero-order chi connectivity index (χ0) is 15.0. The van der Waals surface area contributed by atoms with Gasteiger partial charge in [-0.2, -0.15) is 0 Å². The number of fused-ring (bicyclic) bond motifs is 1. The van der Waals surface area contributed by atoms with Crippen molar-refractivity contribution in [3.05, 3.63) is 56.5 Å². The molecule has 21 heavy (non-hydrogen) atoms. The lowest BCUT2D eigenvalue weighted by Gasteiger charge is -2.21. The lowest BCUT2D eigenvalue weighted by Crippen LogP contribution is -2.15. The Balaban J connectivity index is 2.00. The summed E-state index contributed by atoms with van der Waals surface area (Å²) in [6, 6.07) is 9.68. The van der Waals surface area contributed by atoms with E-state index in [9.17, 15) is 0 Å². The van der Waals surface area contributed by atoms with Crippen molar-refractivity contribution in [1.82, 2.24) is 0 Å². The Hall–Kier alpha value is -0.900. The lowest BCUT2D eigenvalue weighted by molar-refractivity contribution is 0.171. The van der Waals surface area contributed by atoms with Crippen LogP contribution >= 0.6 is 39.1 Å². The second-order valence-corrected chi connectivity index (χ2v) is 6.59. The highest BCUT2D eigenvalue weighted by Gasteiger charge is 2.20. The second kappa shape index (κ2) is 6.07. The third-order valence-electron chi connectivity index (χ3n) is 3.42. The van der Waals surface area contributed by atoms with Crippen LogP contribution in [0, 0.1) is 6.92 Å². The molecule has 0 aliphatic carbocycles. The number of ether oxygens (including phenoxy) is 2. The van der Waals surface area contributed by atoms with E-state index in [4.69, 9.17) is 32.7 Å². The largest absolute Gasteiger partial charge is 0.486 e. The average Bonchev–Trinajstić information content (AvgIpc) is 2.48. The van der Waals surface area contributed by atoms with E-state index in [1.165, 1.54) is 0 Å². The molecule has 0 saturated heterocycles. The third-order valence-corrected chi connectivity index (χ3v) is 5.09. The van der Waals surface area contributed by atoms with Gasteiger partial charge in [-0.05, 0) is 35.7 Å². The number of rotatable bonds is 2. The quantitative estimate of drug-likeness (QED) is 0.632. The van der Waals surface area contributed by atoms with Gasteiger partial charge in [0.1, 0.15) is 13.2 Å². The summed E-state index contributed by atoms with van der Waals surface area (Å²) in [6.45, 7) is 3.11. The smallest absolute Gasteiger partial charge is 0.162 e. The molecule has 2 aromatic rings. The van der Waals surface area contributed by atoms with E-state index in [2.05, 4.69) is 15.9 Å². The molecule has 1 heterocycles. The zero-order valence-corrected chi connectivity index (χ0v) is 14.4. The predicted molar refractivity (Wildman–Crippen MR) is 89.0 cm³/mol. The van der Waals surface area contributed by atoms with Gasteiger partial charge in [-0.1, -0.05) is 39.7 Å². The predicted octanol–water partition coefficient (Wildman–Crippen LogP) is 5.51. The Morgan fingerprint density at radius 2 is 1.76 bits per heavy atom. The minimum absolute atomic E-state index is 0.342. The van der Waals surface area contributed by atoms with Crippen LogP contribution in [0.25, 0.3) is 0 Å². The zero-order valence-electron chi connectivity index (χ0n) is 11.3. The van der Waals surface area contributed by atoms with Crippen molar-refractivity contribution in [2.75, 3.05) is 13.2 Å². The maximum absolute atomic E-state index is 6.60. The summed E-state index contributed by atoms with van der Waals surface area (Å²) in [5, 5.41) is 0.237. The standard InChI is InChI=1S/C16H13BrCl2O2/c1-9-2-3-10(6-12(9)17)16(19)11-7-14-15(8-13(11)18)21-5-4-20-14/h2-3,6-8,16H,4-5H2,1H3. The molecule has 0 N–H and O–H groups in total. The Kier molecular flexibility index (Phi) is 4.34. The van der Waals surface area contributed by atoms with Gasteiger partial charge in [0.2, 0.25) is 0 Å². The van der Waals surface area contributed by atoms with Crippen LogP contribution in [0.3, 0.4) is 0 Å². The minimum Gasteiger partial charge on any atom is -0.486 e. The molecule has 1 aliphatic rings. The Bertz CT molecular complexity index is 688. The van der Waals surface area contributed by atoms with Crippen LogP contribution in [0.2, 0.25) is 5.02 Å². The number of halogens is 3. The highest BCUT2D eigenvalue weighted by Crippen LogP contribution is 2.42. The average molecular weight is 388 g/mol. The summed E-state index contributed by atoms with van der Waals surface area (Å²) in [5.74, 6) is 1.36. The molecule has 2 nitrogen and oxygen atoms in total. The molecule has 0 fully saturated rings. The Morgan fingerprint density at radius 1 is 1.10 bits per heavy atom. The highest BCUT2D eigenvalue weighted by molar-refractivity contribution is 9.10. The van der Waals surface area contributed by atoms with Gasteiger partial charge in [-0.25, -0.2) is 0 Å². The lowest BCUT2D eigenvalue weighted by atomic mass is 10.0. The second-order valence-electron chi connectivity index (χ2n) is 4.89. The molecule has 1 atom stereocenters. The van der Waals surface area contributed by atoms with Gasteiger partial charge in [0.15, 0.2) is 11.5 Å².